The molecule has 2 N–H and O–H groups in total. The number of halogens is 1. The molecule has 25 heavy (non-hydrogen) atoms. The zero-order valence-electron chi connectivity index (χ0n) is 13.7. The lowest BCUT2D eigenvalue weighted by molar-refractivity contribution is -0.122. The third kappa shape index (κ3) is 4.96. The van der Waals surface area contributed by atoms with Crippen molar-refractivity contribution in [1.29, 1.82) is 0 Å². The fourth-order valence-electron chi connectivity index (χ4n) is 1.98. The Labute approximate surface area is 154 Å². The normalized spacial score (nSPS) is 12.4. The number of hydrogen-bond acceptors (Lipinski definition) is 5. The van der Waals surface area contributed by atoms with Crippen molar-refractivity contribution in [3.63, 3.8) is 0 Å². The zero-order chi connectivity index (χ0) is 18.6. The molecule has 0 aliphatic carbocycles. The van der Waals surface area contributed by atoms with E-state index in [9.17, 15) is 18.3 Å². The lowest BCUT2D eigenvalue weighted by Crippen LogP contribution is -2.30. The number of phenolic OH excluding ortho intramolecular Hbond substituents is 1. The van der Waals surface area contributed by atoms with E-state index in [4.69, 9.17) is 4.74 Å². The Morgan fingerprint density at radius 3 is 2.48 bits per heavy atom. The highest BCUT2D eigenvalue weighted by Gasteiger charge is 2.19. The van der Waals surface area contributed by atoms with Gasteiger partial charge in [-0.25, -0.2) is 8.42 Å². The fourth-order valence-corrected chi connectivity index (χ4v) is 3.15. The van der Waals surface area contributed by atoms with Gasteiger partial charge in [-0.15, -0.1) is 0 Å². The van der Waals surface area contributed by atoms with Gasteiger partial charge in [0.05, 0.1) is 16.3 Å². The molecule has 0 saturated carbocycles. The second-order valence-corrected chi connectivity index (χ2v) is 8.48. The van der Waals surface area contributed by atoms with E-state index in [1.54, 1.807) is 31.2 Å². The van der Waals surface area contributed by atoms with Gasteiger partial charge in [0.25, 0.3) is 5.91 Å². The highest BCUT2D eigenvalue weighted by atomic mass is 79.9. The van der Waals surface area contributed by atoms with Crippen LogP contribution >= 0.6 is 15.9 Å². The average Bonchev–Trinajstić information content (AvgIpc) is 2.58. The molecular weight excluding hydrogens is 410 g/mol. The Bertz CT molecular complexity index is 865. The van der Waals surface area contributed by atoms with Gasteiger partial charge < -0.3 is 15.2 Å². The smallest absolute Gasteiger partial charge is 0.265 e. The first kappa shape index (κ1) is 19.3. The Morgan fingerprint density at radius 2 is 1.88 bits per heavy atom. The summed E-state index contributed by atoms with van der Waals surface area (Å²) in [6.07, 6.45) is -0.841. The summed E-state index contributed by atoms with van der Waals surface area (Å²) in [6.45, 7) is 3.08. The van der Waals surface area contributed by atoms with Gasteiger partial charge in [0.2, 0.25) is 0 Å². The molecule has 0 aromatic heterocycles. The molecule has 0 aliphatic heterocycles. The van der Waals surface area contributed by atoms with Crippen molar-refractivity contribution in [2.45, 2.75) is 24.8 Å². The third-order valence-electron chi connectivity index (χ3n) is 3.46. The number of phenols is 1. The van der Waals surface area contributed by atoms with Crippen LogP contribution in [0.4, 0.5) is 5.69 Å². The largest absolute Gasteiger partial charge is 0.506 e. The van der Waals surface area contributed by atoms with Crippen molar-refractivity contribution < 1.29 is 23.1 Å². The summed E-state index contributed by atoms with van der Waals surface area (Å²) in [7, 11) is -3.44. The Kier molecular flexibility index (Phi) is 6.07. The summed E-state index contributed by atoms with van der Waals surface area (Å²) in [5.41, 5.74) is 0.0192. The minimum atomic E-state index is -3.44. The van der Waals surface area contributed by atoms with E-state index in [1.807, 2.05) is 0 Å². The van der Waals surface area contributed by atoms with Crippen molar-refractivity contribution in [3.05, 3.63) is 46.9 Å². The lowest BCUT2D eigenvalue weighted by Gasteiger charge is -2.16. The second-order valence-electron chi connectivity index (χ2n) is 5.29. The number of hydrogen-bond donors (Lipinski definition) is 2. The van der Waals surface area contributed by atoms with Crippen molar-refractivity contribution in [1.82, 2.24) is 0 Å². The number of rotatable bonds is 6. The maximum absolute atomic E-state index is 12.3. The molecule has 6 nitrogen and oxygen atoms in total. The van der Waals surface area contributed by atoms with Gasteiger partial charge in [-0.05, 0) is 49.4 Å². The van der Waals surface area contributed by atoms with E-state index in [0.29, 0.717) is 5.75 Å². The summed E-state index contributed by atoms with van der Waals surface area (Å²) in [4.78, 5) is 12.3. The molecule has 2 aromatic rings. The SMILES string of the molecule is CCS(=O)(=O)c1ccc(O)c(NC(=O)[C@H](C)Oc2ccc(Br)cc2)c1. The molecule has 0 bridgehead atoms. The van der Waals surface area contributed by atoms with Crippen LogP contribution in [-0.4, -0.2) is 31.3 Å². The highest BCUT2D eigenvalue weighted by molar-refractivity contribution is 9.10. The van der Waals surface area contributed by atoms with Crippen LogP contribution in [0.5, 0.6) is 11.5 Å². The van der Waals surface area contributed by atoms with Crippen LogP contribution in [0.15, 0.2) is 51.8 Å². The Morgan fingerprint density at radius 1 is 1.24 bits per heavy atom. The number of nitrogens with one attached hydrogen (secondary N) is 1. The van der Waals surface area contributed by atoms with Crippen molar-refractivity contribution in [2.75, 3.05) is 11.1 Å². The summed E-state index contributed by atoms with van der Waals surface area (Å²) < 4.78 is 30.3. The number of carbonyl (C=O) groups is 1. The zero-order valence-corrected chi connectivity index (χ0v) is 16.1. The predicted octanol–water partition coefficient (Wildman–Crippen LogP) is 3.35. The summed E-state index contributed by atoms with van der Waals surface area (Å²) in [5.74, 6) is -0.297. The van der Waals surface area contributed by atoms with Crippen molar-refractivity contribution in [3.8, 4) is 11.5 Å². The molecule has 2 rings (SSSR count). The second kappa shape index (κ2) is 7.88. The monoisotopic (exact) mass is 427 g/mol. The maximum atomic E-state index is 12.3. The maximum Gasteiger partial charge on any atom is 0.265 e. The van der Waals surface area contributed by atoms with E-state index in [1.165, 1.54) is 25.1 Å². The third-order valence-corrected chi connectivity index (χ3v) is 5.72. The first-order valence-corrected chi connectivity index (χ1v) is 9.96. The van der Waals surface area contributed by atoms with E-state index >= 15 is 0 Å². The van der Waals surface area contributed by atoms with Crippen LogP contribution in [0, 0.1) is 0 Å². The molecule has 134 valence electrons. The van der Waals surface area contributed by atoms with Gasteiger partial charge in [0.15, 0.2) is 15.9 Å². The van der Waals surface area contributed by atoms with Crippen LogP contribution < -0.4 is 10.1 Å². The molecule has 0 unspecified atom stereocenters. The van der Waals surface area contributed by atoms with E-state index in [-0.39, 0.29) is 22.1 Å². The molecule has 1 amide bonds. The predicted molar refractivity (Wildman–Crippen MR) is 98.7 cm³/mol. The molecular formula is C17H18BrNO5S. The summed E-state index contributed by atoms with van der Waals surface area (Å²) in [5, 5.41) is 12.4. The standard InChI is InChI=1S/C17H18BrNO5S/c1-3-25(22,23)14-8-9-16(20)15(10-14)19-17(21)11(2)24-13-6-4-12(18)5-7-13/h4-11,20H,3H2,1-2H3,(H,19,21)/t11-/m0/s1. The van der Waals surface area contributed by atoms with E-state index < -0.39 is 21.8 Å². The molecule has 0 aliphatic rings. The summed E-state index contributed by atoms with van der Waals surface area (Å²) >= 11 is 3.31. The van der Waals surface area contributed by atoms with Gasteiger partial charge in [0, 0.05) is 4.47 Å². The van der Waals surface area contributed by atoms with Crippen LogP contribution in [0.1, 0.15) is 13.8 Å². The Balaban J connectivity index is 2.14. The number of anilines is 1. The molecule has 2 aromatic carbocycles. The minimum Gasteiger partial charge on any atom is -0.506 e. The van der Waals surface area contributed by atoms with Gasteiger partial charge in [-0.2, -0.15) is 0 Å². The minimum absolute atomic E-state index is 0.0192. The highest BCUT2D eigenvalue weighted by Crippen LogP contribution is 2.27. The van der Waals surface area contributed by atoms with Crippen molar-refractivity contribution in [2.24, 2.45) is 0 Å². The number of sulfone groups is 1. The first-order valence-electron chi connectivity index (χ1n) is 7.52. The van der Waals surface area contributed by atoms with Crippen LogP contribution in [-0.2, 0) is 14.6 Å². The average molecular weight is 428 g/mol. The van der Waals surface area contributed by atoms with Gasteiger partial charge in [-0.1, -0.05) is 22.9 Å². The molecule has 0 heterocycles. The molecule has 8 heteroatoms. The van der Waals surface area contributed by atoms with E-state index in [2.05, 4.69) is 21.2 Å². The van der Waals surface area contributed by atoms with Crippen LogP contribution in [0.3, 0.4) is 0 Å². The van der Waals surface area contributed by atoms with E-state index in [0.717, 1.165) is 4.47 Å². The van der Waals surface area contributed by atoms with Gasteiger partial charge in [-0.3, -0.25) is 4.79 Å². The number of benzene rings is 2. The molecule has 0 saturated heterocycles. The molecule has 0 radical (unpaired) electrons. The lowest BCUT2D eigenvalue weighted by atomic mass is 10.2. The van der Waals surface area contributed by atoms with Crippen LogP contribution in [0.2, 0.25) is 0 Å². The van der Waals surface area contributed by atoms with Crippen LogP contribution in [0.25, 0.3) is 0 Å². The molecule has 0 spiro atoms. The molecule has 0 fully saturated rings. The number of carbonyl (C=O) groups excluding carboxylic acids is 1. The summed E-state index contributed by atoms with van der Waals surface area (Å²) in [6, 6.07) is 10.7. The van der Waals surface area contributed by atoms with Gasteiger partial charge in [0.1, 0.15) is 11.5 Å². The molecule has 1 atom stereocenters. The topological polar surface area (TPSA) is 92.7 Å². The number of aromatic hydroxyl groups is 1. The Hall–Kier alpha value is -2.06. The first-order chi connectivity index (χ1) is 11.7. The van der Waals surface area contributed by atoms with Crippen molar-refractivity contribution >= 4 is 37.4 Å². The fraction of sp³-hybridized carbons (Fsp3) is 0.235. The van der Waals surface area contributed by atoms with Gasteiger partial charge >= 0.3 is 0 Å². The quantitative estimate of drug-likeness (QED) is 0.689. The number of amides is 1. The number of ether oxygens (including phenoxy) is 1.